The molecule has 2 rings (SSSR count). The van der Waals surface area contributed by atoms with Crippen LogP contribution in [0.2, 0.25) is 0 Å². The van der Waals surface area contributed by atoms with Gasteiger partial charge in [-0.1, -0.05) is 12.1 Å². The fourth-order valence-corrected chi connectivity index (χ4v) is 2.07. The van der Waals surface area contributed by atoms with Gasteiger partial charge >= 0.3 is 12.2 Å². The van der Waals surface area contributed by atoms with Crippen molar-refractivity contribution in [3.05, 3.63) is 53.7 Å². The van der Waals surface area contributed by atoms with E-state index in [1.54, 1.807) is 19.1 Å². The van der Waals surface area contributed by atoms with Crippen LogP contribution in [0.3, 0.4) is 0 Å². The Bertz CT molecular complexity index is 720. The third-order valence-electron chi connectivity index (χ3n) is 3.27. The van der Waals surface area contributed by atoms with Crippen molar-refractivity contribution in [3.8, 4) is 5.88 Å². The van der Waals surface area contributed by atoms with Crippen molar-refractivity contribution in [3.63, 3.8) is 0 Å². The van der Waals surface area contributed by atoms with Gasteiger partial charge in [0.15, 0.2) is 0 Å². The molecular formula is C16H16F3N3O2. The lowest BCUT2D eigenvalue weighted by molar-refractivity contribution is -0.137. The number of aromatic nitrogens is 1. The average Bonchev–Trinajstić information content (AvgIpc) is 2.54. The number of benzene rings is 1. The van der Waals surface area contributed by atoms with Crippen LogP contribution < -0.4 is 15.4 Å². The molecule has 0 radical (unpaired) electrons. The van der Waals surface area contributed by atoms with Crippen molar-refractivity contribution < 1.29 is 22.7 Å². The Balaban J connectivity index is 2.06. The molecule has 0 bridgehead atoms. The third kappa shape index (κ3) is 4.37. The monoisotopic (exact) mass is 339 g/mol. The number of anilines is 1. The maximum atomic E-state index is 12.7. The van der Waals surface area contributed by atoms with Gasteiger partial charge in [-0.15, -0.1) is 0 Å². The van der Waals surface area contributed by atoms with Crippen LogP contribution in [0.1, 0.15) is 24.1 Å². The van der Waals surface area contributed by atoms with Gasteiger partial charge in [0.2, 0.25) is 5.88 Å². The van der Waals surface area contributed by atoms with Gasteiger partial charge in [0.25, 0.3) is 0 Å². The smallest absolute Gasteiger partial charge is 0.416 e. The predicted molar refractivity (Wildman–Crippen MR) is 82.8 cm³/mol. The number of hydrogen-bond donors (Lipinski definition) is 2. The maximum Gasteiger partial charge on any atom is 0.416 e. The third-order valence-corrected chi connectivity index (χ3v) is 3.27. The number of alkyl halides is 3. The Morgan fingerprint density at radius 1 is 1.25 bits per heavy atom. The lowest BCUT2D eigenvalue weighted by Crippen LogP contribution is -2.31. The van der Waals surface area contributed by atoms with Gasteiger partial charge in [0.1, 0.15) is 5.69 Å². The Hall–Kier alpha value is -2.77. The highest BCUT2D eigenvalue weighted by Crippen LogP contribution is 2.30. The van der Waals surface area contributed by atoms with Gasteiger partial charge in [-0.3, -0.25) is 0 Å². The topological polar surface area (TPSA) is 63.2 Å². The van der Waals surface area contributed by atoms with E-state index in [4.69, 9.17) is 4.74 Å². The number of halogens is 3. The zero-order valence-corrected chi connectivity index (χ0v) is 13.0. The summed E-state index contributed by atoms with van der Waals surface area (Å²) in [4.78, 5) is 16.0. The summed E-state index contributed by atoms with van der Waals surface area (Å²) < 4.78 is 43.2. The molecular weight excluding hydrogens is 323 g/mol. The normalized spacial score (nSPS) is 12.4. The van der Waals surface area contributed by atoms with Gasteiger partial charge in [-0.05, 0) is 36.8 Å². The van der Waals surface area contributed by atoms with Crippen LogP contribution in [0.15, 0.2) is 42.6 Å². The number of carbonyl (C=O) groups is 1. The Morgan fingerprint density at radius 3 is 2.67 bits per heavy atom. The second-order valence-corrected chi connectivity index (χ2v) is 5.00. The first kappa shape index (κ1) is 17.6. The van der Waals surface area contributed by atoms with Crippen LogP contribution in [0.25, 0.3) is 0 Å². The summed E-state index contributed by atoms with van der Waals surface area (Å²) in [5.74, 6) is 0.236. The SMILES string of the molecule is COc1ncccc1NC(=O)NC(C)c1cccc(C(F)(F)F)c1. The van der Waals surface area contributed by atoms with Crippen LogP contribution in [0, 0.1) is 0 Å². The van der Waals surface area contributed by atoms with E-state index < -0.39 is 23.8 Å². The van der Waals surface area contributed by atoms with Gasteiger partial charge in [-0.25, -0.2) is 9.78 Å². The molecule has 0 aliphatic carbocycles. The van der Waals surface area contributed by atoms with Crippen LogP contribution in [0.4, 0.5) is 23.7 Å². The van der Waals surface area contributed by atoms with E-state index >= 15 is 0 Å². The van der Waals surface area contributed by atoms with Gasteiger partial charge in [0, 0.05) is 6.20 Å². The van der Waals surface area contributed by atoms with E-state index in [0.29, 0.717) is 11.3 Å². The summed E-state index contributed by atoms with van der Waals surface area (Å²) in [6, 6.07) is 6.84. The van der Waals surface area contributed by atoms with Gasteiger partial charge in [0.05, 0.1) is 18.7 Å². The summed E-state index contributed by atoms with van der Waals surface area (Å²) in [6.45, 7) is 1.59. The number of carbonyl (C=O) groups excluding carboxylic acids is 1. The molecule has 24 heavy (non-hydrogen) atoms. The van der Waals surface area contributed by atoms with Crippen LogP contribution in [0.5, 0.6) is 5.88 Å². The zero-order chi connectivity index (χ0) is 17.7. The molecule has 2 N–H and O–H groups in total. The number of nitrogens with zero attached hydrogens (tertiary/aromatic N) is 1. The minimum atomic E-state index is -4.43. The number of nitrogens with one attached hydrogen (secondary N) is 2. The first-order valence-electron chi connectivity index (χ1n) is 7.05. The van der Waals surface area contributed by atoms with Crippen molar-refractivity contribution >= 4 is 11.7 Å². The van der Waals surface area contributed by atoms with Crippen LogP contribution in [-0.4, -0.2) is 18.1 Å². The van der Waals surface area contributed by atoms with E-state index in [2.05, 4.69) is 15.6 Å². The van der Waals surface area contributed by atoms with Crippen molar-refractivity contribution in [1.82, 2.24) is 10.3 Å². The summed E-state index contributed by atoms with van der Waals surface area (Å²) in [5.41, 5.74) is -0.0603. The minimum Gasteiger partial charge on any atom is -0.480 e. The highest BCUT2D eigenvalue weighted by atomic mass is 19.4. The van der Waals surface area contributed by atoms with Crippen LogP contribution in [-0.2, 0) is 6.18 Å². The largest absolute Gasteiger partial charge is 0.480 e. The fourth-order valence-electron chi connectivity index (χ4n) is 2.07. The van der Waals surface area contributed by atoms with E-state index in [-0.39, 0.29) is 5.88 Å². The molecule has 8 heteroatoms. The van der Waals surface area contributed by atoms with Crippen molar-refractivity contribution in [2.75, 3.05) is 12.4 Å². The van der Waals surface area contributed by atoms with Gasteiger partial charge < -0.3 is 15.4 Å². The van der Waals surface area contributed by atoms with E-state index in [0.717, 1.165) is 12.1 Å². The number of ether oxygens (including phenoxy) is 1. The van der Waals surface area contributed by atoms with E-state index in [1.807, 2.05) is 0 Å². The molecule has 0 aliphatic rings. The van der Waals surface area contributed by atoms with Crippen LogP contribution >= 0.6 is 0 Å². The standard InChI is InChI=1S/C16H16F3N3O2/c1-10(11-5-3-6-12(9-11)16(17,18)19)21-15(23)22-13-7-4-8-20-14(13)24-2/h3-10H,1-2H3,(H2,21,22,23). The molecule has 0 saturated heterocycles. The first-order chi connectivity index (χ1) is 11.3. The fraction of sp³-hybridized carbons (Fsp3) is 0.250. The molecule has 2 amide bonds. The number of urea groups is 1. The first-order valence-corrected chi connectivity index (χ1v) is 7.05. The molecule has 1 aromatic heterocycles. The molecule has 5 nitrogen and oxygen atoms in total. The second-order valence-electron chi connectivity index (χ2n) is 5.00. The molecule has 128 valence electrons. The molecule has 0 spiro atoms. The average molecular weight is 339 g/mol. The molecule has 1 heterocycles. The summed E-state index contributed by atoms with van der Waals surface area (Å²) in [5, 5.41) is 5.12. The lowest BCUT2D eigenvalue weighted by atomic mass is 10.1. The molecule has 0 saturated carbocycles. The Kier molecular flexibility index (Phi) is 5.28. The molecule has 1 aromatic carbocycles. The Morgan fingerprint density at radius 2 is 2.00 bits per heavy atom. The molecule has 1 unspecified atom stereocenters. The van der Waals surface area contributed by atoms with Gasteiger partial charge in [-0.2, -0.15) is 13.2 Å². The quantitative estimate of drug-likeness (QED) is 0.885. The highest BCUT2D eigenvalue weighted by molar-refractivity contribution is 5.90. The number of rotatable bonds is 4. The summed E-state index contributed by atoms with van der Waals surface area (Å²) in [7, 11) is 1.41. The molecule has 0 aliphatic heterocycles. The van der Waals surface area contributed by atoms with E-state index in [1.165, 1.54) is 25.4 Å². The highest BCUT2D eigenvalue weighted by Gasteiger charge is 2.30. The number of pyridine rings is 1. The second kappa shape index (κ2) is 7.20. The number of methoxy groups -OCH3 is 1. The molecule has 1 atom stereocenters. The lowest BCUT2D eigenvalue weighted by Gasteiger charge is -2.17. The maximum absolute atomic E-state index is 12.7. The number of hydrogen-bond acceptors (Lipinski definition) is 3. The predicted octanol–water partition coefficient (Wildman–Crippen LogP) is 3.99. The Labute approximate surface area is 136 Å². The van der Waals surface area contributed by atoms with E-state index in [9.17, 15) is 18.0 Å². The molecule has 0 fully saturated rings. The van der Waals surface area contributed by atoms with Crippen molar-refractivity contribution in [1.29, 1.82) is 0 Å². The van der Waals surface area contributed by atoms with Crippen molar-refractivity contribution in [2.24, 2.45) is 0 Å². The molecule has 2 aromatic rings. The zero-order valence-electron chi connectivity index (χ0n) is 13.0. The number of amides is 2. The minimum absolute atomic E-state index is 0.236. The summed E-state index contributed by atoms with van der Waals surface area (Å²) >= 11 is 0. The van der Waals surface area contributed by atoms with Crippen molar-refractivity contribution in [2.45, 2.75) is 19.1 Å². The summed E-state index contributed by atoms with van der Waals surface area (Å²) in [6.07, 6.45) is -2.92.